The quantitative estimate of drug-likeness (QED) is 0.646. The third-order valence-corrected chi connectivity index (χ3v) is 2.40. The Labute approximate surface area is 122 Å². The monoisotopic (exact) mass is 304 g/mol. The number of carbonyl (C=O) groups excluding carboxylic acids is 1. The highest BCUT2D eigenvalue weighted by Crippen LogP contribution is 2.13. The molecule has 0 bridgehead atoms. The van der Waals surface area contributed by atoms with Gasteiger partial charge < -0.3 is 0 Å². The Hall–Kier alpha value is -3.63. The van der Waals surface area contributed by atoms with Crippen LogP contribution in [0.1, 0.15) is 0 Å². The van der Waals surface area contributed by atoms with Crippen molar-refractivity contribution < 1.29 is 14.6 Å². The van der Waals surface area contributed by atoms with Gasteiger partial charge in [0.1, 0.15) is 24.0 Å². The Morgan fingerprint density at radius 1 is 0.864 bits per heavy atom. The van der Waals surface area contributed by atoms with E-state index in [1.807, 2.05) is 0 Å². The number of nitrogens with one attached hydrogen (secondary N) is 2. The zero-order valence-electron chi connectivity index (χ0n) is 10.8. The van der Waals surface area contributed by atoms with Gasteiger partial charge in [-0.25, -0.2) is 14.8 Å². The number of rotatable bonds is 4. The van der Waals surface area contributed by atoms with Crippen molar-refractivity contribution in [3.8, 4) is 0 Å². The van der Waals surface area contributed by atoms with Gasteiger partial charge in [0.2, 0.25) is 0 Å². The maximum Gasteiger partial charge on any atom is 0.326 e. The third-order valence-electron chi connectivity index (χ3n) is 2.40. The molecule has 2 aromatic rings. The lowest BCUT2D eigenvalue weighted by Gasteiger charge is -2.05. The maximum absolute atomic E-state index is 11.6. The van der Waals surface area contributed by atoms with E-state index in [-0.39, 0.29) is 23.0 Å². The lowest BCUT2D eigenvalue weighted by atomic mass is 10.4. The van der Waals surface area contributed by atoms with Crippen LogP contribution in [0.3, 0.4) is 0 Å². The summed E-state index contributed by atoms with van der Waals surface area (Å²) in [6.45, 7) is 0. The zero-order chi connectivity index (χ0) is 16.1. The van der Waals surface area contributed by atoms with Crippen LogP contribution in [-0.4, -0.2) is 25.8 Å². The summed E-state index contributed by atoms with van der Waals surface area (Å²) in [6.07, 6.45) is 2.00. The summed E-state index contributed by atoms with van der Waals surface area (Å²) in [7, 11) is 0. The molecule has 0 radical (unpaired) electrons. The number of hydrogen-bond acceptors (Lipinski definition) is 7. The first-order valence-electron chi connectivity index (χ1n) is 5.74. The molecule has 0 aliphatic rings. The summed E-state index contributed by atoms with van der Waals surface area (Å²) in [5.74, 6) is 0.204. The summed E-state index contributed by atoms with van der Waals surface area (Å²) < 4.78 is 0. The highest BCUT2D eigenvalue weighted by molar-refractivity contribution is 5.98. The molecule has 0 atom stereocenters. The van der Waals surface area contributed by atoms with Gasteiger partial charge >= 0.3 is 6.03 Å². The number of pyridine rings is 2. The molecule has 11 heteroatoms. The van der Waals surface area contributed by atoms with E-state index in [9.17, 15) is 25.0 Å². The van der Waals surface area contributed by atoms with Crippen LogP contribution in [0.5, 0.6) is 0 Å². The van der Waals surface area contributed by atoms with Crippen LogP contribution in [0, 0.1) is 20.2 Å². The smallest absolute Gasteiger partial charge is 0.292 e. The predicted molar refractivity (Wildman–Crippen MR) is 74.4 cm³/mol. The number of aromatic nitrogens is 2. The standard InChI is InChI=1S/C11H8N6O5/c18-11(14-9-3-1-7(5-12-9)16(19)20)15-10-4-2-8(6-13-10)17(21)22/h1-6H,(H2,12,13,14,15,18). The Kier molecular flexibility index (Phi) is 4.17. The van der Waals surface area contributed by atoms with Crippen LogP contribution in [-0.2, 0) is 0 Å². The van der Waals surface area contributed by atoms with Gasteiger partial charge in [-0.2, -0.15) is 0 Å². The molecule has 2 heterocycles. The van der Waals surface area contributed by atoms with Gasteiger partial charge in [-0.1, -0.05) is 0 Å². The van der Waals surface area contributed by atoms with Crippen molar-refractivity contribution >= 4 is 29.0 Å². The summed E-state index contributed by atoms with van der Waals surface area (Å²) in [4.78, 5) is 38.7. The lowest BCUT2D eigenvalue weighted by molar-refractivity contribution is -0.385. The highest BCUT2D eigenvalue weighted by Gasteiger charge is 2.09. The van der Waals surface area contributed by atoms with Crippen LogP contribution in [0.2, 0.25) is 0 Å². The first-order valence-corrected chi connectivity index (χ1v) is 5.74. The van der Waals surface area contributed by atoms with Gasteiger partial charge in [0, 0.05) is 12.1 Å². The van der Waals surface area contributed by atoms with Crippen molar-refractivity contribution in [2.45, 2.75) is 0 Å². The largest absolute Gasteiger partial charge is 0.326 e. The number of carbonyl (C=O) groups is 1. The predicted octanol–water partition coefficient (Wildman–Crippen LogP) is 1.94. The van der Waals surface area contributed by atoms with Crippen LogP contribution < -0.4 is 10.6 Å². The number of urea groups is 1. The van der Waals surface area contributed by atoms with Crippen molar-refractivity contribution in [1.82, 2.24) is 9.97 Å². The molecule has 0 aliphatic heterocycles. The van der Waals surface area contributed by atoms with Gasteiger partial charge in [0.15, 0.2) is 0 Å². The number of hydrogen-bond donors (Lipinski definition) is 2. The molecule has 0 unspecified atom stereocenters. The molecule has 22 heavy (non-hydrogen) atoms. The second-order valence-corrected chi connectivity index (χ2v) is 3.90. The molecule has 0 fully saturated rings. The van der Waals surface area contributed by atoms with Gasteiger partial charge in [-0.05, 0) is 12.1 Å². The Morgan fingerprint density at radius 2 is 1.27 bits per heavy atom. The van der Waals surface area contributed by atoms with Crippen molar-refractivity contribution in [2.24, 2.45) is 0 Å². The van der Waals surface area contributed by atoms with Gasteiger partial charge in [-0.15, -0.1) is 0 Å². The van der Waals surface area contributed by atoms with Gasteiger partial charge in [0.05, 0.1) is 9.85 Å². The van der Waals surface area contributed by atoms with E-state index in [4.69, 9.17) is 0 Å². The fraction of sp³-hybridized carbons (Fsp3) is 0. The molecule has 2 N–H and O–H groups in total. The van der Waals surface area contributed by atoms with Crippen molar-refractivity contribution in [3.63, 3.8) is 0 Å². The van der Waals surface area contributed by atoms with Crippen molar-refractivity contribution in [3.05, 3.63) is 56.9 Å². The average molecular weight is 304 g/mol. The molecule has 11 nitrogen and oxygen atoms in total. The van der Waals surface area contributed by atoms with Crippen LogP contribution >= 0.6 is 0 Å². The summed E-state index contributed by atoms with van der Waals surface area (Å²) >= 11 is 0. The fourth-order valence-corrected chi connectivity index (χ4v) is 1.40. The Balaban J connectivity index is 1.97. The van der Waals surface area contributed by atoms with Crippen LogP contribution in [0.15, 0.2) is 36.7 Å². The third kappa shape index (κ3) is 3.69. The van der Waals surface area contributed by atoms with Gasteiger partial charge in [0.25, 0.3) is 11.4 Å². The number of anilines is 2. The van der Waals surface area contributed by atoms with Crippen LogP contribution in [0.4, 0.5) is 27.8 Å². The highest BCUT2D eigenvalue weighted by atomic mass is 16.6. The molecule has 0 saturated heterocycles. The minimum atomic E-state index is -0.692. The van der Waals surface area contributed by atoms with Crippen LogP contribution in [0.25, 0.3) is 0 Å². The molecular weight excluding hydrogens is 296 g/mol. The van der Waals surface area contributed by atoms with E-state index in [0.29, 0.717) is 0 Å². The van der Waals surface area contributed by atoms with E-state index in [1.54, 1.807) is 0 Å². The molecule has 2 amide bonds. The first-order chi connectivity index (χ1) is 10.5. The van der Waals surface area contributed by atoms with Gasteiger partial charge in [-0.3, -0.25) is 30.9 Å². The molecule has 0 aromatic carbocycles. The summed E-state index contributed by atoms with van der Waals surface area (Å²) in [6, 6.07) is 4.21. The summed E-state index contributed by atoms with van der Waals surface area (Å²) in [5.41, 5.74) is -0.411. The molecule has 2 aromatic heterocycles. The SMILES string of the molecule is O=C(Nc1ccc([N+](=O)[O-])cn1)Nc1ccc([N+](=O)[O-])cn1. The van der Waals surface area contributed by atoms with E-state index in [2.05, 4.69) is 20.6 Å². The van der Waals surface area contributed by atoms with E-state index >= 15 is 0 Å². The Morgan fingerprint density at radius 3 is 1.55 bits per heavy atom. The van der Waals surface area contributed by atoms with E-state index in [0.717, 1.165) is 12.4 Å². The van der Waals surface area contributed by atoms with E-state index in [1.165, 1.54) is 24.3 Å². The zero-order valence-corrected chi connectivity index (χ0v) is 10.8. The Bertz CT molecular complexity index is 653. The average Bonchev–Trinajstić information content (AvgIpc) is 2.48. The lowest BCUT2D eigenvalue weighted by Crippen LogP contribution is -2.20. The molecule has 0 spiro atoms. The maximum atomic E-state index is 11.6. The minimum absolute atomic E-state index is 0.102. The normalized spacial score (nSPS) is 9.82. The van der Waals surface area contributed by atoms with Crippen molar-refractivity contribution in [1.29, 1.82) is 0 Å². The second kappa shape index (κ2) is 6.21. The number of amides is 2. The summed E-state index contributed by atoms with van der Waals surface area (Å²) in [5, 5.41) is 25.6. The minimum Gasteiger partial charge on any atom is -0.292 e. The molecule has 2 rings (SSSR count). The second-order valence-electron chi connectivity index (χ2n) is 3.90. The fourth-order valence-electron chi connectivity index (χ4n) is 1.40. The molecule has 112 valence electrons. The molecule has 0 saturated carbocycles. The van der Waals surface area contributed by atoms with E-state index < -0.39 is 15.9 Å². The number of nitro groups is 2. The first kappa shape index (κ1) is 14.8. The number of nitrogens with zero attached hydrogens (tertiary/aromatic N) is 4. The molecular formula is C11H8N6O5. The van der Waals surface area contributed by atoms with Crippen molar-refractivity contribution in [2.75, 3.05) is 10.6 Å². The topological polar surface area (TPSA) is 153 Å². The molecule has 0 aliphatic carbocycles.